The Balaban J connectivity index is 2.02. The third-order valence-corrected chi connectivity index (χ3v) is 4.55. The summed E-state index contributed by atoms with van der Waals surface area (Å²) in [5.74, 6) is 1.60. The lowest BCUT2D eigenvalue weighted by Crippen LogP contribution is -2.41. The molecular weight excluding hydrogens is 266 g/mol. The van der Waals surface area contributed by atoms with Crippen LogP contribution in [0.3, 0.4) is 0 Å². The van der Waals surface area contributed by atoms with E-state index in [9.17, 15) is 4.79 Å². The van der Waals surface area contributed by atoms with E-state index < -0.39 is 0 Å². The largest absolute Gasteiger partial charge is 0.461 e. The number of amides is 1. The first-order chi connectivity index (χ1) is 10.1. The van der Waals surface area contributed by atoms with Crippen LogP contribution in [0.5, 0.6) is 0 Å². The Bertz CT molecular complexity index is 453. The topological polar surface area (TPSA) is 47.6 Å². The molecule has 1 amide bonds. The number of allylic oxidation sites excluding steroid dienone is 1. The van der Waals surface area contributed by atoms with Crippen molar-refractivity contribution in [1.29, 1.82) is 0 Å². The average Bonchev–Trinajstić information content (AvgIpc) is 2.94. The summed E-state index contributed by atoms with van der Waals surface area (Å²) < 4.78 is 10.2. The summed E-state index contributed by atoms with van der Waals surface area (Å²) in [5.41, 5.74) is 0.510. The molecule has 21 heavy (non-hydrogen) atoms. The van der Waals surface area contributed by atoms with Gasteiger partial charge in [0, 0.05) is 11.6 Å². The van der Waals surface area contributed by atoms with Crippen LogP contribution in [-0.4, -0.2) is 18.7 Å². The molecule has 0 aromatic heterocycles. The van der Waals surface area contributed by atoms with Crippen LogP contribution >= 0.6 is 0 Å². The molecule has 1 saturated carbocycles. The highest BCUT2D eigenvalue weighted by Gasteiger charge is 2.27. The maximum atomic E-state index is 12.4. The fraction of sp³-hybridized carbons (Fsp3) is 0.588. The van der Waals surface area contributed by atoms with Crippen molar-refractivity contribution in [2.45, 2.75) is 45.6 Å². The van der Waals surface area contributed by atoms with Gasteiger partial charge in [-0.3, -0.25) is 4.79 Å². The lowest BCUT2D eigenvalue weighted by molar-refractivity contribution is -0.118. The number of hydrogen-bond acceptors (Lipinski definition) is 3. The van der Waals surface area contributed by atoms with Gasteiger partial charge in [-0.05, 0) is 24.3 Å². The monoisotopic (exact) mass is 291 g/mol. The molecule has 0 bridgehead atoms. The summed E-state index contributed by atoms with van der Waals surface area (Å²) in [4.78, 5) is 12.4. The SMILES string of the molecule is C=C/C(=C\C1=COCO1)C(=O)NC1CCCCC(C)C1C. The molecule has 0 radical (unpaired) electrons. The van der Waals surface area contributed by atoms with Gasteiger partial charge < -0.3 is 14.8 Å². The predicted octanol–water partition coefficient (Wildman–Crippen LogP) is 3.28. The second kappa shape index (κ2) is 7.34. The van der Waals surface area contributed by atoms with Gasteiger partial charge in [0.2, 0.25) is 6.79 Å². The highest BCUT2D eigenvalue weighted by atomic mass is 16.7. The fourth-order valence-corrected chi connectivity index (χ4v) is 2.91. The van der Waals surface area contributed by atoms with Gasteiger partial charge in [-0.2, -0.15) is 0 Å². The molecule has 0 aromatic rings. The highest BCUT2D eigenvalue weighted by Crippen LogP contribution is 2.28. The van der Waals surface area contributed by atoms with Crippen LogP contribution in [0.25, 0.3) is 0 Å². The Morgan fingerprint density at radius 2 is 2.14 bits per heavy atom. The number of carbonyl (C=O) groups excluding carboxylic acids is 1. The quantitative estimate of drug-likeness (QED) is 0.491. The van der Waals surface area contributed by atoms with Gasteiger partial charge >= 0.3 is 0 Å². The van der Waals surface area contributed by atoms with Crippen LogP contribution in [0.2, 0.25) is 0 Å². The van der Waals surface area contributed by atoms with Gasteiger partial charge in [-0.25, -0.2) is 0 Å². The smallest absolute Gasteiger partial charge is 0.251 e. The van der Waals surface area contributed by atoms with Crippen molar-refractivity contribution in [2.24, 2.45) is 11.8 Å². The molecule has 0 saturated heterocycles. The Hall–Kier alpha value is -1.71. The summed E-state index contributed by atoms with van der Waals surface area (Å²) in [7, 11) is 0. The van der Waals surface area contributed by atoms with Gasteiger partial charge in [0.05, 0.1) is 0 Å². The first kappa shape index (κ1) is 15.7. The van der Waals surface area contributed by atoms with Crippen LogP contribution < -0.4 is 5.32 Å². The van der Waals surface area contributed by atoms with Crippen molar-refractivity contribution in [3.63, 3.8) is 0 Å². The maximum absolute atomic E-state index is 12.4. The van der Waals surface area contributed by atoms with E-state index in [1.54, 1.807) is 12.2 Å². The average molecular weight is 291 g/mol. The van der Waals surface area contributed by atoms with Crippen LogP contribution in [0.4, 0.5) is 0 Å². The molecule has 3 unspecified atom stereocenters. The van der Waals surface area contributed by atoms with Gasteiger partial charge in [0.1, 0.15) is 6.26 Å². The zero-order chi connectivity index (χ0) is 15.2. The van der Waals surface area contributed by atoms with Crippen LogP contribution in [-0.2, 0) is 14.3 Å². The number of nitrogens with one attached hydrogen (secondary N) is 1. The summed E-state index contributed by atoms with van der Waals surface area (Å²) in [6.45, 7) is 8.42. The first-order valence-electron chi connectivity index (χ1n) is 7.71. The maximum Gasteiger partial charge on any atom is 0.251 e. The predicted molar refractivity (Wildman–Crippen MR) is 82.1 cm³/mol. The zero-order valence-corrected chi connectivity index (χ0v) is 12.9. The van der Waals surface area contributed by atoms with Crippen molar-refractivity contribution in [3.05, 3.63) is 36.3 Å². The molecule has 3 atom stereocenters. The normalized spacial score (nSPS) is 29.7. The number of carbonyl (C=O) groups is 1. The Kier molecular flexibility index (Phi) is 5.48. The van der Waals surface area contributed by atoms with E-state index in [2.05, 4.69) is 25.7 Å². The molecule has 116 valence electrons. The molecule has 0 spiro atoms. The van der Waals surface area contributed by atoms with Crippen LogP contribution in [0.1, 0.15) is 39.5 Å². The second-order valence-corrected chi connectivity index (χ2v) is 5.95. The molecular formula is C17H25NO3. The molecule has 1 heterocycles. The molecule has 4 heteroatoms. The molecule has 2 rings (SSSR count). The standard InChI is InChI=1S/C17H25NO3/c1-4-14(9-15-10-20-11-21-15)17(19)18-16-8-6-5-7-12(2)13(16)3/h4,9-10,12-13,16H,1,5-8,11H2,2-3H3,(H,18,19)/b14-9+. The fourth-order valence-electron chi connectivity index (χ4n) is 2.91. The van der Waals surface area contributed by atoms with E-state index in [0.717, 1.165) is 6.42 Å². The Morgan fingerprint density at radius 1 is 1.38 bits per heavy atom. The van der Waals surface area contributed by atoms with Crippen LogP contribution in [0.15, 0.2) is 36.3 Å². The summed E-state index contributed by atoms with van der Waals surface area (Å²) in [5, 5.41) is 3.16. The van der Waals surface area contributed by atoms with Crippen molar-refractivity contribution in [1.82, 2.24) is 5.32 Å². The number of ether oxygens (including phenoxy) is 2. The molecule has 2 aliphatic rings. The van der Waals surface area contributed by atoms with Crippen LogP contribution in [0, 0.1) is 11.8 Å². The summed E-state index contributed by atoms with van der Waals surface area (Å²) in [6.07, 6.45) is 9.45. The van der Waals surface area contributed by atoms with Crippen molar-refractivity contribution in [3.8, 4) is 0 Å². The molecule has 1 aliphatic carbocycles. The molecule has 4 nitrogen and oxygen atoms in total. The van der Waals surface area contributed by atoms with E-state index in [0.29, 0.717) is 23.2 Å². The van der Waals surface area contributed by atoms with E-state index >= 15 is 0 Å². The first-order valence-corrected chi connectivity index (χ1v) is 7.71. The highest BCUT2D eigenvalue weighted by molar-refractivity contribution is 5.96. The van der Waals surface area contributed by atoms with Gasteiger partial charge in [0.15, 0.2) is 5.76 Å². The minimum atomic E-state index is -0.0904. The Morgan fingerprint density at radius 3 is 2.81 bits per heavy atom. The van der Waals surface area contributed by atoms with E-state index in [-0.39, 0.29) is 18.7 Å². The van der Waals surface area contributed by atoms with Crippen molar-refractivity contribution < 1.29 is 14.3 Å². The minimum Gasteiger partial charge on any atom is -0.461 e. The summed E-state index contributed by atoms with van der Waals surface area (Å²) >= 11 is 0. The van der Waals surface area contributed by atoms with E-state index in [1.165, 1.54) is 25.5 Å². The number of rotatable bonds is 4. The van der Waals surface area contributed by atoms with Gasteiger partial charge in [-0.1, -0.05) is 45.8 Å². The third kappa shape index (κ3) is 4.13. The third-order valence-electron chi connectivity index (χ3n) is 4.55. The zero-order valence-electron chi connectivity index (χ0n) is 12.9. The Labute approximate surface area is 126 Å². The van der Waals surface area contributed by atoms with E-state index in [1.807, 2.05) is 0 Å². The van der Waals surface area contributed by atoms with Crippen molar-refractivity contribution >= 4 is 5.91 Å². The van der Waals surface area contributed by atoms with Gasteiger partial charge in [-0.15, -0.1) is 0 Å². The molecule has 0 aromatic carbocycles. The molecule has 1 aliphatic heterocycles. The molecule has 1 fully saturated rings. The number of hydrogen-bond donors (Lipinski definition) is 1. The molecule has 1 N–H and O–H groups in total. The minimum absolute atomic E-state index is 0.0904. The van der Waals surface area contributed by atoms with Crippen molar-refractivity contribution in [2.75, 3.05) is 6.79 Å². The summed E-state index contributed by atoms with van der Waals surface area (Å²) in [6, 6.07) is 0.230. The second-order valence-electron chi connectivity index (χ2n) is 5.95. The van der Waals surface area contributed by atoms with E-state index in [4.69, 9.17) is 9.47 Å². The lowest BCUT2D eigenvalue weighted by atomic mass is 9.87. The lowest BCUT2D eigenvalue weighted by Gasteiger charge is -2.27. The van der Waals surface area contributed by atoms with Gasteiger partial charge in [0.25, 0.3) is 5.91 Å².